The van der Waals surface area contributed by atoms with Gasteiger partial charge in [-0.25, -0.2) is 4.98 Å². The van der Waals surface area contributed by atoms with Gasteiger partial charge in [-0.3, -0.25) is 0 Å². The summed E-state index contributed by atoms with van der Waals surface area (Å²) in [5.41, 5.74) is 1.36. The molecule has 0 unspecified atom stereocenters. The van der Waals surface area contributed by atoms with Gasteiger partial charge in [-0.1, -0.05) is 0 Å². The third-order valence-corrected chi connectivity index (χ3v) is 2.58. The van der Waals surface area contributed by atoms with Gasteiger partial charge < -0.3 is 19.9 Å². The lowest BCUT2D eigenvalue weighted by molar-refractivity contribution is 0.275. The van der Waals surface area contributed by atoms with Crippen LogP contribution in [0.25, 0.3) is 11.2 Å². The normalized spacial score (nSPS) is 11.2. The summed E-state index contributed by atoms with van der Waals surface area (Å²) in [6.45, 7) is 4.36. The molecule has 0 fully saturated rings. The lowest BCUT2D eigenvalue weighted by Gasteiger charge is -2.11. The Morgan fingerprint density at radius 3 is 2.95 bits per heavy atom. The molecule has 0 atom stereocenters. The van der Waals surface area contributed by atoms with Gasteiger partial charge >= 0.3 is 0 Å². The molecule has 2 aromatic heterocycles. The van der Waals surface area contributed by atoms with E-state index in [9.17, 15) is 0 Å². The van der Waals surface area contributed by atoms with Crippen LogP contribution in [-0.4, -0.2) is 58.6 Å². The fraction of sp³-hybridized carbons (Fsp3) is 0.583. The molecule has 0 radical (unpaired) electrons. The summed E-state index contributed by atoms with van der Waals surface area (Å²) < 4.78 is 5.73. The van der Waals surface area contributed by atoms with Crippen molar-refractivity contribution >= 4 is 17.1 Å². The largest absolute Gasteiger partial charge is 0.476 e. The van der Waals surface area contributed by atoms with E-state index in [0.717, 1.165) is 25.0 Å². The maximum atomic E-state index is 5.73. The Kier molecular flexibility index (Phi) is 4.51. The van der Waals surface area contributed by atoms with E-state index in [-0.39, 0.29) is 0 Å². The number of H-pyrrole nitrogens is 1. The van der Waals surface area contributed by atoms with E-state index in [1.807, 2.05) is 21.0 Å². The first kappa shape index (κ1) is 13.5. The van der Waals surface area contributed by atoms with E-state index in [4.69, 9.17) is 4.74 Å². The second kappa shape index (κ2) is 6.33. The molecular weight excluding hydrogens is 244 g/mol. The summed E-state index contributed by atoms with van der Waals surface area (Å²) in [5, 5.41) is 3.07. The van der Waals surface area contributed by atoms with Gasteiger partial charge in [0, 0.05) is 13.1 Å². The number of hydrogen-bond acceptors (Lipinski definition) is 6. The molecule has 2 rings (SSSR count). The second-order valence-electron chi connectivity index (χ2n) is 4.49. The number of aromatic amines is 1. The van der Waals surface area contributed by atoms with E-state index in [1.165, 1.54) is 0 Å². The van der Waals surface area contributed by atoms with Gasteiger partial charge in [-0.2, -0.15) is 9.97 Å². The van der Waals surface area contributed by atoms with Gasteiger partial charge in [0.25, 0.3) is 0 Å². The third-order valence-electron chi connectivity index (χ3n) is 2.58. The second-order valence-corrected chi connectivity index (χ2v) is 4.49. The molecule has 2 heterocycles. The van der Waals surface area contributed by atoms with Crippen molar-refractivity contribution < 1.29 is 4.74 Å². The maximum Gasteiger partial charge on any atom is 0.245 e. The summed E-state index contributed by atoms with van der Waals surface area (Å²) in [7, 11) is 4.09. The van der Waals surface area contributed by atoms with Crippen LogP contribution >= 0.6 is 0 Å². The van der Waals surface area contributed by atoms with Crippen LogP contribution in [0.5, 0.6) is 5.88 Å². The van der Waals surface area contributed by atoms with Crippen LogP contribution in [0.15, 0.2) is 6.33 Å². The third kappa shape index (κ3) is 3.54. The number of anilines is 1. The predicted molar refractivity (Wildman–Crippen MR) is 74.5 cm³/mol. The molecule has 0 aliphatic carbocycles. The van der Waals surface area contributed by atoms with E-state index < -0.39 is 0 Å². The van der Waals surface area contributed by atoms with Gasteiger partial charge in [-0.15, -0.1) is 0 Å². The van der Waals surface area contributed by atoms with E-state index in [0.29, 0.717) is 24.1 Å². The lowest BCUT2D eigenvalue weighted by atomic mass is 10.4. The molecule has 7 nitrogen and oxygen atoms in total. The first-order valence-corrected chi connectivity index (χ1v) is 6.43. The van der Waals surface area contributed by atoms with Gasteiger partial charge in [0.2, 0.25) is 11.8 Å². The summed E-state index contributed by atoms with van der Waals surface area (Å²) in [4.78, 5) is 17.9. The fourth-order valence-electron chi connectivity index (χ4n) is 1.70. The van der Waals surface area contributed by atoms with Crippen molar-refractivity contribution in [1.29, 1.82) is 0 Å². The van der Waals surface area contributed by atoms with Crippen molar-refractivity contribution in [2.24, 2.45) is 0 Å². The first-order chi connectivity index (χ1) is 9.20. The van der Waals surface area contributed by atoms with Crippen molar-refractivity contribution in [3.05, 3.63) is 6.33 Å². The van der Waals surface area contributed by atoms with Crippen LogP contribution in [-0.2, 0) is 0 Å². The van der Waals surface area contributed by atoms with Gasteiger partial charge in [-0.05, 0) is 27.4 Å². The molecule has 0 aromatic carbocycles. The van der Waals surface area contributed by atoms with Gasteiger partial charge in [0.05, 0.1) is 12.9 Å². The van der Waals surface area contributed by atoms with Crippen LogP contribution < -0.4 is 10.1 Å². The zero-order chi connectivity index (χ0) is 13.7. The topological polar surface area (TPSA) is 79.0 Å². The van der Waals surface area contributed by atoms with E-state index in [2.05, 4.69) is 30.2 Å². The Morgan fingerprint density at radius 2 is 2.21 bits per heavy atom. The first-order valence-electron chi connectivity index (χ1n) is 6.43. The van der Waals surface area contributed by atoms with Crippen LogP contribution in [0, 0.1) is 0 Å². The Labute approximate surface area is 112 Å². The molecular formula is C12H20N6O. The number of fused-ring (bicyclic) bond motifs is 1. The monoisotopic (exact) mass is 264 g/mol. The van der Waals surface area contributed by atoms with Crippen molar-refractivity contribution in [1.82, 2.24) is 24.8 Å². The molecule has 0 spiro atoms. The zero-order valence-corrected chi connectivity index (χ0v) is 11.6. The van der Waals surface area contributed by atoms with E-state index in [1.54, 1.807) is 6.33 Å². The average Bonchev–Trinajstić information content (AvgIpc) is 2.83. The highest BCUT2D eigenvalue weighted by Gasteiger charge is 2.10. The number of aromatic nitrogens is 4. The smallest absolute Gasteiger partial charge is 0.245 e. The number of ether oxygens (including phenoxy) is 1. The summed E-state index contributed by atoms with van der Waals surface area (Å²) >= 11 is 0. The van der Waals surface area contributed by atoms with Crippen molar-refractivity contribution in [3.63, 3.8) is 0 Å². The summed E-state index contributed by atoms with van der Waals surface area (Å²) in [5.74, 6) is 1.10. The predicted octanol–water partition coefficient (Wildman–Crippen LogP) is 1.12. The molecule has 0 aliphatic rings. The van der Waals surface area contributed by atoms with Crippen LogP contribution in [0.4, 0.5) is 5.95 Å². The Balaban J connectivity index is 2.09. The van der Waals surface area contributed by atoms with Crippen molar-refractivity contribution in [2.75, 3.05) is 39.1 Å². The molecule has 2 aromatic rings. The standard InChI is InChI=1S/C12H20N6O/c1-4-13-12-16-10-9(14-8-15-10)11(17-12)19-7-5-6-18(2)3/h8H,4-7H2,1-3H3,(H2,13,14,15,16,17). The number of hydrogen-bond donors (Lipinski definition) is 2. The SMILES string of the molecule is CCNc1nc(OCCCN(C)C)c2[nH]cnc2n1. The number of rotatable bonds is 7. The molecule has 0 saturated heterocycles. The Morgan fingerprint density at radius 1 is 1.37 bits per heavy atom. The lowest BCUT2D eigenvalue weighted by Crippen LogP contribution is -2.16. The Bertz CT molecular complexity index is 524. The quantitative estimate of drug-likeness (QED) is 0.729. The van der Waals surface area contributed by atoms with E-state index >= 15 is 0 Å². The Hall–Kier alpha value is -1.89. The molecule has 104 valence electrons. The molecule has 2 N–H and O–H groups in total. The molecule has 19 heavy (non-hydrogen) atoms. The number of nitrogens with one attached hydrogen (secondary N) is 2. The molecule has 0 aliphatic heterocycles. The van der Waals surface area contributed by atoms with Gasteiger partial charge in [0.1, 0.15) is 5.52 Å². The van der Waals surface area contributed by atoms with Crippen LogP contribution in [0.1, 0.15) is 13.3 Å². The molecule has 0 saturated carbocycles. The van der Waals surface area contributed by atoms with Crippen molar-refractivity contribution in [3.8, 4) is 5.88 Å². The highest BCUT2D eigenvalue weighted by molar-refractivity contribution is 5.76. The molecule has 0 amide bonds. The van der Waals surface area contributed by atoms with Crippen LogP contribution in [0.3, 0.4) is 0 Å². The minimum Gasteiger partial charge on any atom is -0.476 e. The summed E-state index contributed by atoms with van der Waals surface area (Å²) in [6, 6.07) is 0. The number of imidazole rings is 1. The zero-order valence-electron chi connectivity index (χ0n) is 11.6. The van der Waals surface area contributed by atoms with Crippen LogP contribution in [0.2, 0.25) is 0 Å². The fourth-order valence-corrected chi connectivity index (χ4v) is 1.70. The molecule has 0 bridgehead atoms. The van der Waals surface area contributed by atoms with Crippen molar-refractivity contribution in [2.45, 2.75) is 13.3 Å². The maximum absolute atomic E-state index is 5.73. The number of nitrogens with zero attached hydrogens (tertiary/aromatic N) is 4. The minimum absolute atomic E-state index is 0.546. The minimum atomic E-state index is 0.546. The highest BCUT2D eigenvalue weighted by atomic mass is 16.5. The highest BCUT2D eigenvalue weighted by Crippen LogP contribution is 2.20. The molecule has 7 heteroatoms. The summed E-state index contributed by atoms with van der Waals surface area (Å²) in [6.07, 6.45) is 2.55. The average molecular weight is 264 g/mol. The van der Waals surface area contributed by atoms with Gasteiger partial charge in [0.15, 0.2) is 5.65 Å².